The van der Waals surface area contributed by atoms with E-state index in [1.807, 2.05) is 30.3 Å². The number of hydrogen-bond donors (Lipinski definition) is 2. The van der Waals surface area contributed by atoms with Crippen molar-refractivity contribution in [2.75, 3.05) is 19.6 Å². The molecular weight excluding hydrogens is 252 g/mol. The van der Waals surface area contributed by atoms with E-state index in [0.29, 0.717) is 6.54 Å². The summed E-state index contributed by atoms with van der Waals surface area (Å²) in [6, 6.07) is 10.0. The van der Waals surface area contributed by atoms with E-state index in [1.165, 1.54) is 0 Å². The number of piperidine rings is 1. The van der Waals surface area contributed by atoms with Gasteiger partial charge in [-0.25, -0.2) is 0 Å². The number of carbonyl (C=O) groups is 1. The number of benzene rings is 1. The molecule has 0 radical (unpaired) electrons. The lowest BCUT2D eigenvalue weighted by atomic mass is 9.99. The zero-order valence-corrected chi connectivity index (χ0v) is 11.5. The maximum absolute atomic E-state index is 12.0. The molecule has 0 aliphatic carbocycles. The van der Waals surface area contributed by atoms with Crippen LogP contribution in [0.2, 0.25) is 0 Å². The monoisotopic (exact) mass is 272 g/mol. The summed E-state index contributed by atoms with van der Waals surface area (Å²) in [5, 5.41) is 7.38. The van der Waals surface area contributed by atoms with Crippen LogP contribution in [0.5, 0.6) is 0 Å². The average Bonchev–Trinajstić information content (AvgIpc) is 2.90. The minimum absolute atomic E-state index is 0.124. The zero-order valence-electron chi connectivity index (χ0n) is 11.5. The molecule has 1 amide bonds. The number of nitrogens with one attached hydrogen (secondary N) is 2. The predicted octanol–water partition coefficient (Wildman–Crippen LogP) is 2.09. The molecule has 1 aliphatic heterocycles. The number of furan rings is 1. The molecule has 2 aromatic rings. The molecular formula is C16H20N2O2. The van der Waals surface area contributed by atoms with Crippen LogP contribution in [-0.4, -0.2) is 25.5 Å². The van der Waals surface area contributed by atoms with Gasteiger partial charge in [0.1, 0.15) is 11.3 Å². The van der Waals surface area contributed by atoms with Crippen LogP contribution in [0.3, 0.4) is 0 Å². The Labute approximate surface area is 118 Å². The van der Waals surface area contributed by atoms with Gasteiger partial charge in [-0.2, -0.15) is 0 Å². The molecule has 1 saturated heterocycles. The lowest BCUT2D eigenvalue weighted by Crippen LogP contribution is -2.41. The standard InChI is InChI=1S/C16H20N2O2/c19-16(13-5-3-8-17-11-13)18-9-7-14-10-12-4-1-2-6-15(12)20-14/h1-2,4,6,10,13,17H,3,5,7-9,11H2,(H,18,19). The van der Waals surface area contributed by atoms with Gasteiger partial charge in [0.05, 0.1) is 5.92 Å². The van der Waals surface area contributed by atoms with E-state index < -0.39 is 0 Å². The molecule has 1 aromatic carbocycles. The Morgan fingerprint density at radius 3 is 3.10 bits per heavy atom. The second kappa shape index (κ2) is 6.09. The summed E-state index contributed by atoms with van der Waals surface area (Å²) in [5.41, 5.74) is 0.908. The molecule has 0 bridgehead atoms. The molecule has 1 aliphatic rings. The number of carbonyl (C=O) groups excluding carboxylic acids is 1. The molecule has 4 heteroatoms. The normalized spacial score (nSPS) is 19.1. The van der Waals surface area contributed by atoms with Crippen LogP contribution in [0.25, 0.3) is 11.0 Å². The van der Waals surface area contributed by atoms with Crippen molar-refractivity contribution in [3.05, 3.63) is 36.1 Å². The number of amides is 1. The molecule has 2 N–H and O–H groups in total. The summed E-state index contributed by atoms with van der Waals surface area (Å²) >= 11 is 0. The van der Waals surface area contributed by atoms with E-state index in [4.69, 9.17) is 4.42 Å². The third-order valence-corrected chi connectivity index (χ3v) is 3.81. The fourth-order valence-electron chi connectivity index (χ4n) is 2.69. The van der Waals surface area contributed by atoms with Crippen molar-refractivity contribution in [1.82, 2.24) is 10.6 Å². The maximum Gasteiger partial charge on any atom is 0.224 e. The molecule has 4 nitrogen and oxygen atoms in total. The second-order valence-electron chi connectivity index (χ2n) is 5.33. The first kappa shape index (κ1) is 13.2. The van der Waals surface area contributed by atoms with Gasteiger partial charge < -0.3 is 15.1 Å². The molecule has 0 saturated carbocycles. The molecule has 3 rings (SSSR count). The SMILES string of the molecule is O=C(NCCc1cc2ccccc2o1)C1CCCNC1. The summed E-state index contributed by atoms with van der Waals surface area (Å²) < 4.78 is 5.73. The smallest absolute Gasteiger partial charge is 0.224 e. The fourth-order valence-corrected chi connectivity index (χ4v) is 2.69. The molecule has 1 fully saturated rings. The minimum atomic E-state index is 0.124. The Kier molecular flexibility index (Phi) is 4.02. The molecule has 20 heavy (non-hydrogen) atoms. The molecule has 2 heterocycles. The van der Waals surface area contributed by atoms with E-state index in [-0.39, 0.29) is 11.8 Å². The highest BCUT2D eigenvalue weighted by atomic mass is 16.3. The van der Waals surface area contributed by atoms with Gasteiger partial charge in [0.15, 0.2) is 0 Å². The summed E-state index contributed by atoms with van der Waals surface area (Å²) in [5.74, 6) is 1.21. The first-order valence-electron chi connectivity index (χ1n) is 7.29. The van der Waals surface area contributed by atoms with E-state index >= 15 is 0 Å². The predicted molar refractivity (Wildman–Crippen MR) is 78.5 cm³/mol. The lowest BCUT2D eigenvalue weighted by Gasteiger charge is -2.21. The summed E-state index contributed by atoms with van der Waals surface area (Å²) in [7, 11) is 0. The van der Waals surface area contributed by atoms with Gasteiger partial charge in [0, 0.05) is 24.9 Å². The van der Waals surface area contributed by atoms with Gasteiger partial charge in [-0.3, -0.25) is 4.79 Å². The molecule has 106 valence electrons. The Morgan fingerprint density at radius 1 is 1.40 bits per heavy atom. The number of rotatable bonds is 4. The quantitative estimate of drug-likeness (QED) is 0.896. The van der Waals surface area contributed by atoms with Crippen molar-refractivity contribution in [3.8, 4) is 0 Å². The summed E-state index contributed by atoms with van der Waals surface area (Å²) in [4.78, 5) is 12.0. The van der Waals surface area contributed by atoms with E-state index in [2.05, 4.69) is 10.6 Å². The van der Waals surface area contributed by atoms with Gasteiger partial charge in [0.2, 0.25) is 5.91 Å². The number of hydrogen-bond acceptors (Lipinski definition) is 3. The van der Waals surface area contributed by atoms with E-state index in [9.17, 15) is 4.79 Å². The molecule has 1 atom stereocenters. The highest BCUT2D eigenvalue weighted by Gasteiger charge is 2.20. The van der Waals surface area contributed by atoms with Crippen LogP contribution in [0, 0.1) is 5.92 Å². The van der Waals surface area contributed by atoms with Crippen molar-refractivity contribution in [2.45, 2.75) is 19.3 Å². The summed E-state index contributed by atoms with van der Waals surface area (Å²) in [6.07, 6.45) is 2.81. The minimum Gasteiger partial charge on any atom is -0.461 e. The maximum atomic E-state index is 12.0. The fraction of sp³-hybridized carbons (Fsp3) is 0.438. The van der Waals surface area contributed by atoms with Crippen LogP contribution >= 0.6 is 0 Å². The topological polar surface area (TPSA) is 54.3 Å². The molecule has 0 spiro atoms. The third kappa shape index (κ3) is 3.02. The van der Waals surface area contributed by atoms with E-state index in [1.54, 1.807) is 0 Å². The Bertz CT molecular complexity index is 552. The van der Waals surface area contributed by atoms with Gasteiger partial charge in [0.25, 0.3) is 0 Å². The highest BCUT2D eigenvalue weighted by Crippen LogP contribution is 2.18. The van der Waals surface area contributed by atoms with Crippen molar-refractivity contribution in [3.63, 3.8) is 0 Å². The van der Waals surface area contributed by atoms with Crippen molar-refractivity contribution in [1.29, 1.82) is 0 Å². The van der Waals surface area contributed by atoms with Crippen LogP contribution in [-0.2, 0) is 11.2 Å². The van der Waals surface area contributed by atoms with Crippen LogP contribution in [0.1, 0.15) is 18.6 Å². The first-order chi connectivity index (χ1) is 9.83. The van der Waals surface area contributed by atoms with Gasteiger partial charge >= 0.3 is 0 Å². The Hall–Kier alpha value is -1.81. The van der Waals surface area contributed by atoms with Crippen LogP contribution < -0.4 is 10.6 Å². The molecule has 1 unspecified atom stereocenters. The van der Waals surface area contributed by atoms with Crippen molar-refractivity contribution in [2.24, 2.45) is 5.92 Å². The zero-order chi connectivity index (χ0) is 13.8. The van der Waals surface area contributed by atoms with E-state index in [0.717, 1.165) is 49.1 Å². The van der Waals surface area contributed by atoms with Crippen LogP contribution in [0.4, 0.5) is 0 Å². The third-order valence-electron chi connectivity index (χ3n) is 3.81. The van der Waals surface area contributed by atoms with Gasteiger partial charge in [-0.05, 0) is 31.5 Å². The van der Waals surface area contributed by atoms with Gasteiger partial charge in [-0.15, -0.1) is 0 Å². The second-order valence-corrected chi connectivity index (χ2v) is 5.33. The number of para-hydroxylation sites is 1. The molecule has 1 aromatic heterocycles. The van der Waals surface area contributed by atoms with Crippen molar-refractivity contribution >= 4 is 16.9 Å². The largest absolute Gasteiger partial charge is 0.461 e. The number of fused-ring (bicyclic) bond motifs is 1. The average molecular weight is 272 g/mol. The summed E-state index contributed by atoms with van der Waals surface area (Å²) in [6.45, 7) is 2.47. The van der Waals surface area contributed by atoms with Crippen LogP contribution in [0.15, 0.2) is 34.7 Å². The lowest BCUT2D eigenvalue weighted by molar-refractivity contribution is -0.125. The van der Waals surface area contributed by atoms with Crippen molar-refractivity contribution < 1.29 is 9.21 Å². The first-order valence-corrected chi connectivity index (χ1v) is 7.29. The van der Waals surface area contributed by atoms with Gasteiger partial charge in [-0.1, -0.05) is 18.2 Å². The Balaban J connectivity index is 1.50. The Morgan fingerprint density at radius 2 is 2.30 bits per heavy atom. The highest BCUT2D eigenvalue weighted by molar-refractivity contribution is 5.79.